The van der Waals surface area contributed by atoms with Gasteiger partial charge in [-0.2, -0.15) is 0 Å². The van der Waals surface area contributed by atoms with E-state index in [0.717, 1.165) is 24.5 Å². The second kappa shape index (κ2) is 9.76. The Morgan fingerprint density at radius 2 is 1.87 bits per heavy atom. The molecule has 1 saturated heterocycles. The SMILES string of the molecule is N[C@@H]1CN(Cc2ccc(Cl)cc2)c2cc(-c3nnc(C4CN(C5CC5)CC(F)(F)C4)o3)c(F)cc2S(=O)(=O)C1. The first-order valence-corrected chi connectivity index (χ1v) is 14.8. The molecule has 39 heavy (non-hydrogen) atoms. The smallest absolute Gasteiger partial charge is 0.261 e. The molecule has 1 unspecified atom stereocenters. The molecule has 0 radical (unpaired) electrons. The summed E-state index contributed by atoms with van der Waals surface area (Å²) in [7, 11) is -3.90. The van der Waals surface area contributed by atoms with E-state index < -0.39 is 40.0 Å². The Labute approximate surface area is 228 Å². The lowest BCUT2D eigenvalue weighted by Crippen LogP contribution is -2.47. The first-order valence-electron chi connectivity index (χ1n) is 12.7. The van der Waals surface area contributed by atoms with Crippen molar-refractivity contribution in [3.8, 4) is 11.5 Å². The fraction of sp³-hybridized carbons (Fsp3) is 0.462. The molecule has 2 N–H and O–H groups in total. The molecule has 1 aliphatic carbocycles. The number of nitrogens with zero attached hydrogens (tertiary/aromatic N) is 4. The van der Waals surface area contributed by atoms with Crippen molar-refractivity contribution in [3.63, 3.8) is 0 Å². The van der Waals surface area contributed by atoms with Gasteiger partial charge in [-0.05, 0) is 42.7 Å². The summed E-state index contributed by atoms with van der Waals surface area (Å²) >= 11 is 6.01. The van der Waals surface area contributed by atoms with E-state index >= 15 is 4.39 Å². The summed E-state index contributed by atoms with van der Waals surface area (Å²) in [6, 6.07) is 8.81. The van der Waals surface area contributed by atoms with Crippen molar-refractivity contribution in [1.82, 2.24) is 15.1 Å². The molecule has 3 aromatic rings. The third-order valence-corrected chi connectivity index (χ3v) is 9.53. The van der Waals surface area contributed by atoms with Crippen LogP contribution in [0.4, 0.5) is 18.9 Å². The van der Waals surface area contributed by atoms with Crippen LogP contribution in [0.2, 0.25) is 5.02 Å². The van der Waals surface area contributed by atoms with Crippen LogP contribution in [-0.4, -0.2) is 66.9 Å². The summed E-state index contributed by atoms with van der Waals surface area (Å²) < 4.78 is 76.3. The number of aromatic nitrogens is 2. The Balaban J connectivity index is 1.36. The molecule has 2 aliphatic heterocycles. The maximum absolute atomic E-state index is 15.4. The quantitative estimate of drug-likeness (QED) is 0.477. The summed E-state index contributed by atoms with van der Waals surface area (Å²) in [5, 5.41) is 8.52. The number of nitrogens with two attached hydrogens (primary N) is 1. The zero-order valence-electron chi connectivity index (χ0n) is 20.9. The van der Waals surface area contributed by atoms with Crippen LogP contribution in [0.1, 0.15) is 36.6 Å². The molecule has 208 valence electrons. The van der Waals surface area contributed by atoms with Crippen molar-refractivity contribution < 1.29 is 26.0 Å². The summed E-state index contributed by atoms with van der Waals surface area (Å²) in [5.41, 5.74) is 7.13. The number of rotatable bonds is 5. The highest BCUT2D eigenvalue weighted by atomic mass is 35.5. The van der Waals surface area contributed by atoms with Crippen LogP contribution >= 0.6 is 11.6 Å². The monoisotopic (exact) mass is 581 g/mol. The highest BCUT2D eigenvalue weighted by Gasteiger charge is 2.46. The predicted molar refractivity (Wildman–Crippen MR) is 139 cm³/mol. The minimum Gasteiger partial charge on any atom is -0.420 e. The minimum absolute atomic E-state index is 0.0111. The van der Waals surface area contributed by atoms with Gasteiger partial charge in [0.2, 0.25) is 5.89 Å². The van der Waals surface area contributed by atoms with Crippen LogP contribution in [0.25, 0.3) is 11.5 Å². The molecule has 13 heteroatoms. The normalized spacial score (nSPS) is 24.8. The van der Waals surface area contributed by atoms with Crippen LogP contribution < -0.4 is 10.6 Å². The van der Waals surface area contributed by atoms with Gasteiger partial charge in [0.1, 0.15) is 5.82 Å². The van der Waals surface area contributed by atoms with Crippen LogP contribution in [0.15, 0.2) is 45.7 Å². The molecule has 2 aromatic carbocycles. The highest BCUT2D eigenvalue weighted by Crippen LogP contribution is 2.42. The Hall–Kier alpha value is -2.67. The third-order valence-electron chi connectivity index (χ3n) is 7.42. The number of likely N-dealkylation sites (tertiary alicyclic amines) is 1. The topological polar surface area (TPSA) is 106 Å². The van der Waals surface area contributed by atoms with Crippen molar-refractivity contribution in [2.45, 2.75) is 54.6 Å². The molecule has 0 amide bonds. The number of anilines is 1. The van der Waals surface area contributed by atoms with E-state index in [0.29, 0.717) is 18.1 Å². The second-order valence-electron chi connectivity index (χ2n) is 10.7. The number of alkyl halides is 2. The number of piperidine rings is 1. The molecule has 0 spiro atoms. The number of hydrogen-bond acceptors (Lipinski definition) is 8. The van der Waals surface area contributed by atoms with Gasteiger partial charge in [-0.3, -0.25) is 4.90 Å². The first-order chi connectivity index (χ1) is 18.5. The minimum atomic E-state index is -3.90. The predicted octanol–water partition coefficient (Wildman–Crippen LogP) is 4.24. The van der Waals surface area contributed by atoms with Crippen molar-refractivity contribution in [3.05, 3.63) is 58.7 Å². The van der Waals surface area contributed by atoms with E-state index in [2.05, 4.69) is 10.2 Å². The maximum Gasteiger partial charge on any atom is 0.261 e. The van der Waals surface area contributed by atoms with E-state index in [1.165, 1.54) is 6.07 Å². The molecule has 1 saturated carbocycles. The van der Waals surface area contributed by atoms with Crippen LogP contribution in [0.3, 0.4) is 0 Å². The summed E-state index contributed by atoms with van der Waals surface area (Å²) in [6.45, 7) is 0.555. The van der Waals surface area contributed by atoms with Crippen LogP contribution in [-0.2, 0) is 16.4 Å². The number of sulfone groups is 1. The molecule has 8 nitrogen and oxygen atoms in total. The summed E-state index contributed by atoms with van der Waals surface area (Å²) in [4.78, 5) is 3.34. The van der Waals surface area contributed by atoms with Gasteiger partial charge in [-0.1, -0.05) is 23.7 Å². The lowest BCUT2D eigenvalue weighted by atomic mass is 9.95. The average molecular weight is 582 g/mol. The zero-order chi connectivity index (χ0) is 27.5. The maximum atomic E-state index is 15.4. The second-order valence-corrected chi connectivity index (χ2v) is 13.2. The Bertz CT molecular complexity index is 1500. The van der Waals surface area contributed by atoms with Crippen molar-refractivity contribution in [2.24, 2.45) is 5.73 Å². The first kappa shape index (κ1) is 26.5. The van der Waals surface area contributed by atoms with Crippen molar-refractivity contribution >= 4 is 27.1 Å². The van der Waals surface area contributed by atoms with Gasteiger partial charge in [0.15, 0.2) is 9.84 Å². The number of fused-ring (bicyclic) bond motifs is 1. The Kier molecular flexibility index (Phi) is 6.64. The molecule has 2 fully saturated rings. The fourth-order valence-electron chi connectivity index (χ4n) is 5.50. The third kappa shape index (κ3) is 5.52. The van der Waals surface area contributed by atoms with E-state index in [1.807, 2.05) is 12.1 Å². The van der Waals surface area contributed by atoms with E-state index in [9.17, 15) is 17.2 Å². The average Bonchev–Trinajstić information content (AvgIpc) is 3.61. The number of halogens is 4. The van der Waals surface area contributed by atoms with Crippen molar-refractivity contribution in [2.75, 3.05) is 30.3 Å². The highest BCUT2D eigenvalue weighted by molar-refractivity contribution is 7.91. The van der Waals surface area contributed by atoms with Crippen molar-refractivity contribution in [1.29, 1.82) is 0 Å². The molecule has 3 heterocycles. The standard InChI is InChI=1S/C26H27ClF3N5O3S/c27-17-3-1-15(2-4-17)10-34-12-18(31)13-39(36,37)23-8-21(28)20(7-22(23)34)25-33-32-24(38-25)16-9-26(29,30)14-35(11-16)19-5-6-19/h1-4,7-8,16,18-19H,5-6,9-14,31H2/t16?,18-/m1/s1. The molecule has 3 aliphatic rings. The zero-order valence-corrected chi connectivity index (χ0v) is 22.4. The number of benzene rings is 2. The van der Waals surface area contributed by atoms with Gasteiger partial charge < -0.3 is 15.1 Å². The Morgan fingerprint density at radius 3 is 2.59 bits per heavy atom. The summed E-state index contributed by atoms with van der Waals surface area (Å²) in [5.74, 6) is -4.99. The largest absolute Gasteiger partial charge is 0.420 e. The van der Waals surface area contributed by atoms with Gasteiger partial charge >= 0.3 is 0 Å². The molecular weight excluding hydrogens is 555 g/mol. The molecule has 2 atom stereocenters. The molecular formula is C26H27ClF3N5O3S. The van der Waals surface area contributed by atoms with E-state index in [4.69, 9.17) is 21.8 Å². The van der Waals surface area contributed by atoms with Gasteiger partial charge in [0.05, 0.1) is 34.4 Å². The molecule has 1 aromatic heterocycles. The van der Waals surface area contributed by atoms with Gasteiger partial charge in [-0.15, -0.1) is 10.2 Å². The van der Waals surface area contributed by atoms with Gasteiger partial charge in [0, 0.05) is 43.2 Å². The fourth-order valence-corrected chi connectivity index (χ4v) is 7.26. The van der Waals surface area contributed by atoms with E-state index in [-0.39, 0.29) is 52.8 Å². The molecule has 6 rings (SSSR count). The van der Waals surface area contributed by atoms with E-state index in [1.54, 1.807) is 21.9 Å². The van der Waals surface area contributed by atoms with Gasteiger partial charge in [-0.25, -0.2) is 21.6 Å². The lowest BCUT2D eigenvalue weighted by Gasteiger charge is -2.36. The molecule has 0 bridgehead atoms. The Morgan fingerprint density at radius 1 is 1.13 bits per heavy atom. The number of hydrogen-bond donors (Lipinski definition) is 1. The lowest BCUT2D eigenvalue weighted by molar-refractivity contribution is -0.0769. The van der Waals surface area contributed by atoms with Crippen LogP contribution in [0, 0.1) is 5.82 Å². The van der Waals surface area contributed by atoms with Crippen LogP contribution in [0.5, 0.6) is 0 Å². The van der Waals surface area contributed by atoms with Gasteiger partial charge in [0.25, 0.3) is 11.8 Å². The summed E-state index contributed by atoms with van der Waals surface area (Å²) in [6.07, 6.45) is 1.34.